The lowest BCUT2D eigenvalue weighted by atomic mass is 10.2. The number of hydrogen-bond donors (Lipinski definition) is 2. The van der Waals surface area contributed by atoms with Gasteiger partial charge < -0.3 is 24.8 Å². The van der Waals surface area contributed by atoms with Gasteiger partial charge in [0.2, 0.25) is 0 Å². The molecular formula is C20H18N4O4. The molecule has 1 aliphatic heterocycles. The monoisotopic (exact) mass is 378 g/mol. The number of rotatable bonds is 5. The van der Waals surface area contributed by atoms with E-state index >= 15 is 0 Å². The third kappa shape index (κ3) is 3.80. The number of para-hydroxylation sites is 2. The number of fused-ring (bicyclic) bond motifs is 1. The van der Waals surface area contributed by atoms with E-state index in [1.165, 1.54) is 12.4 Å². The molecular weight excluding hydrogens is 360 g/mol. The molecule has 2 N–H and O–H groups in total. The third-order valence-corrected chi connectivity index (χ3v) is 4.05. The molecule has 0 spiro atoms. The van der Waals surface area contributed by atoms with Crippen LogP contribution >= 0.6 is 0 Å². The van der Waals surface area contributed by atoms with Crippen molar-refractivity contribution < 1.29 is 19.0 Å². The van der Waals surface area contributed by atoms with Gasteiger partial charge in [0.05, 0.1) is 25.2 Å². The van der Waals surface area contributed by atoms with Crippen LogP contribution in [-0.2, 0) is 0 Å². The number of hydrogen-bond acceptors (Lipinski definition) is 7. The minimum Gasteiger partial charge on any atom is -0.495 e. The topological polar surface area (TPSA) is 94.6 Å². The lowest BCUT2D eigenvalue weighted by molar-refractivity contribution is 0.102. The minimum absolute atomic E-state index is 0.195. The zero-order chi connectivity index (χ0) is 19.3. The first-order chi connectivity index (χ1) is 13.7. The maximum atomic E-state index is 12.4. The highest BCUT2D eigenvalue weighted by Crippen LogP contribution is 2.32. The molecule has 8 nitrogen and oxygen atoms in total. The largest absolute Gasteiger partial charge is 0.495 e. The first-order valence-corrected chi connectivity index (χ1v) is 8.66. The number of ether oxygens (including phenoxy) is 3. The molecule has 0 radical (unpaired) electrons. The molecule has 3 aromatic rings. The summed E-state index contributed by atoms with van der Waals surface area (Å²) in [4.78, 5) is 20.9. The van der Waals surface area contributed by atoms with E-state index in [0.29, 0.717) is 42.0 Å². The van der Waals surface area contributed by atoms with Crippen LogP contribution in [0.2, 0.25) is 0 Å². The van der Waals surface area contributed by atoms with Crippen molar-refractivity contribution in [1.29, 1.82) is 0 Å². The van der Waals surface area contributed by atoms with Crippen LogP contribution in [0.1, 0.15) is 10.5 Å². The van der Waals surface area contributed by atoms with Gasteiger partial charge in [-0.05, 0) is 24.3 Å². The van der Waals surface area contributed by atoms with Gasteiger partial charge in [0.15, 0.2) is 11.5 Å². The van der Waals surface area contributed by atoms with Crippen molar-refractivity contribution >= 4 is 23.1 Å². The Kier molecular flexibility index (Phi) is 4.92. The molecule has 1 aromatic heterocycles. The maximum absolute atomic E-state index is 12.4. The Hall–Kier alpha value is -3.81. The molecule has 0 bridgehead atoms. The number of methoxy groups -OCH3 is 1. The minimum atomic E-state index is -0.368. The molecule has 2 heterocycles. The summed E-state index contributed by atoms with van der Waals surface area (Å²) in [6.07, 6.45) is 2.90. The summed E-state index contributed by atoms with van der Waals surface area (Å²) in [5.74, 6) is 2.08. The van der Waals surface area contributed by atoms with Crippen molar-refractivity contribution in [1.82, 2.24) is 9.97 Å². The molecule has 0 atom stereocenters. The van der Waals surface area contributed by atoms with Gasteiger partial charge >= 0.3 is 0 Å². The second-order valence-electron chi connectivity index (χ2n) is 5.92. The first kappa shape index (κ1) is 17.6. The van der Waals surface area contributed by atoms with Crippen molar-refractivity contribution in [2.75, 3.05) is 31.0 Å². The molecule has 1 amide bonds. The number of carbonyl (C=O) groups is 1. The van der Waals surface area contributed by atoms with Crippen LogP contribution in [0.15, 0.2) is 54.9 Å². The summed E-state index contributed by atoms with van der Waals surface area (Å²) < 4.78 is 16.3. The molecule has 1 aliphatic rings. The zero-order valence-corrected chi connectivity index (χ0v) is 15.1. The molecule has 142 valence electrons. The molecule has 28 heavy (non-hydrogen) atoms. The van der Waals surface area contributed by atoms with Crippen molar-refractivity contribution in [2.45, 2.75) is 0 Å². The van der Waals surface area contributed by atoms with Gasteiger partial charge in [-0.2, -0.15) is 0 Å². The fraction of sp³-hybridized carbons (Fsp3) is 0.150. The number of nitrogens with zero attached hydrogens (tertiary/aromatic N) is 2. The summed E-state index contributed by atoms with van der Waals surface area (Å²) in [6.45, 7) is 1.00. The van der Waals surface area contributed by atoms with Crippen LogP contribution in [0, 0.1) is 0 Å². The molecule has 0 saturated heterocycles. The fourth-order valence-electron chi connectivity index (χ4n) is 2.71. The smallest absolute Gasteiger partial charge is 0.275 e. The molecule has 2 aromatic carbocycles. The van der Waals surface area contributed by atoms with Crippen molar-refractivity contribution in [3.8, 4) is 17.2 Å². The highest BCUT2D eigenvalue weighted by Gasteiger charge is 2.14. The average molecular weight is 378 g/mol. The summed E-state index contributed by atoms with van der Waals surface area (Å²) in [7, 11) is 1.59. The molecule has 4 rings (SSSR count). The van der Waals surface area contributed by atoms with Gasteiger partial charge in [0.1, 0.15) is 30.5 Å². The summed E-state index contributed by atoms with van der Waals surface area (Å²) in [6, 6.07) is 12.7. The lowest BCUT2D eigenvalue weighted by Crippen LogP contribution is -2.17. The Morgan fingerprint density at radius 2 is 1.86 bits per heavy atom. The Morgan fingerprint density at radius 1 is 1.04 bits per heavy atom. The number of nitrogens with one attached hydrogen (secondary N) is 2. The van der Waals surface area contributed by atoms with Gasteiger partial charge in [-0.3, -0.25) is 4.79 Å². The Bertz CT molecular complexity index is 992. The second kappa shape index (κ2) is 7.83. The van der Waals surface area contributed by atoms with Gasteiger partial charge in [-0.15, -0.1) is 0 Å². The normalized spacial score (nSPS) is 12.2. The predicted octanol–water partition coefficient (Wildman–Crippen LogP) is 3.25. The van der Waals surface area contributed by atoms with Crippen LogP contribution in [0.5, 0.6) is 17.2 Å². The fourth-order valence-corrected chi connectivity index (χ4v) is 2.71. The van der Waals surface area contributed by atoms with Gasteiger partial charge in [-0.25, -0.2) is 9.97 Å². The van der Waals surface area contributed by atoms with Crippen LogP contribution in [0.25, 0.3) is 0 Å². The van der Waals surface area contributed by atoms with Crippen LogP contribution < -0.4 is 24.8 Å². The van der Waals surface area contributed by atoms with Gasteiger partial charge in [-0.1, -0.05) is 12.1 Å². The molecule has 0 aliphatic carbocycles. The molecule has 0 unspecified atom stereocenters. The first-order valence-electron chi connectivity index (χ1n) is 8.66. The predicted molar refractivity (Wildman–Crippen MR) is 104 cm³/mol. The van der Waals surface area contributed by atoms with E-state index in [-0.39, 0.29) is 11.6 Å². The van der Waals surface area contributed by atoms with Crippen LogP contribution in [0.4, 0.5) is 17.2 Å². The average Bonchev–Trinajstić information content (AvgIpc) is 2.74. The van der Waals surface area contributed by atoms with Crippen molar-refractivity contribution in [3.05, 3.63) is 60.6 Å². The van der Waals surface area contributed by atoms with E-state index in [2.05, 4.69) is 20.6 Å². The van der Waals surface area contributed by atoms with Crippen LogP contribution in [-0.4, -0.2) is 36.2 Å². The van der Waals surface area contributed by atoms with Crippen molar-refractivity contribution in [2.24, 2.45) is 0 Å². The lowest BCUT2D eigenvalue weighted by Gasteiger charge is -2.18. The highest BCUT2D eigenvalue weighted by molar-refractivity contribution is 6.02. The van der Waals surface area contributed by atoms with E-state index in [1.807, 2.05) is 24.3 Å². The number of aromatic nitrogens is 2. The second-order valence-corrected chi connectivity index (χ2v) is 5.92. The van der Waals surface area contributed by atoms with E-state index in [0.717, 1.165) is 5.69 Å². The van der Waals surface area contributed by atoms with Gasteiger partial charge in [0, 0.05) is 11.8 Å². The van der Waals surface area contributed by atoms with Crippen LogP contribution in [0.3, 0.4) is 0 Å². The van der Waals surface area contributed by atoms with E-state index < -0.39 is 0 Å². The standard InChI is InChI=1S/C20H18N4O4/c1-26-16-5-3-2-4-14(16)24-19-12-21-15(11-22-19)20(25)23-13-6-7-17-18(10-13)28-9-8-27-17/h2-7,10-12H,8-9H2,1H3,(H,22,24)(H,23,25). The summed E-state index contributed by atoms with van der Waals surface area (Å²) in [5.41, 5.74) is 1.54. The summed E-state index contributed by atoms with van der Waals surface area (Å²) in [5, 5.41) is 5.89. The third-order valence-electron chi connectivity index (χ3n) is 4.05. The highest BCUT2D eigenvalue weighted by atomic mass is 16.6. The Labute approximate surface area is 161 Å². The van der Waals surface area contributed by atoms with E-state index in [9.17, 15) is 4.79 Å². The summed E-state index contributed by atoms with van der Waals surface area (Å²) >= 11 is 0. The molecule has 0 saturated carbocycles. The number of anilines is 3. The SMILES string of the molecule is COc1ccccc1Nc1cnc(C(=O)Nc2ccc3c(c2)OCCO3)cn1. The molecule has 8 heteroatoms. The van der Waals surface area contributed by atoms with Gasteiger partial charge in [0.25, 0.3) is 5.91 Å². The Balaban J connectivity index is 1.44. The number of benzene rings is 2. The van der Waals surface area contributed by atoms with E-state index in [4.69, 9.17) is 14.2 Å². The molecule has 0 fully saturated rings. The quantitative estimate of drug-likeness (QED) is 0.704. The van der Waals surface area contributed by atoms with E-state index in [1.54, 1.807) is 25.3 Å². The maximum Gasteiger partial charge on any atom is 0.275 e. The number of amides is 1. The van der Waals surface area contributed by atoms with Crippen molar-refractivity contribution in [3.63, 3.8) is 0 Å². The zero-order valence-electron chi connectivity index (χ0n) is 15.1. The number of carbonyl (C=O) groups excluding carboxylic acids is 1. The Morgan fingerprint density at radius 3 is 2.64 bits per heavy atom.